The molecule has 0 atom stereocenters. The third kappa shape index (κ3) is 4.46. The lowest BCUT2D eigenvalue weighted by Crippen LogP contribution is -1.93. The fraction of sp³-hybridized carbons (Fsp3) is 0.200. The van der Waals surface area contributed by atoms with Crippen LogP contribution in [-0.2, 0) is 17.6 Å². The molecule has 1 aromatic carbocycles. The Morgan fingerprint density at radius 3 is 2.81 bits per heavy atom. The molecule has 0 amide bonds. The monoisotopic (exact) mass is 306 g/mol. The molecule has 0 aliphatic rings. The first kappa shape index (κ1) is 15.3. The smallest absolute Gasteiger partial charge is 0.328 e. The molecule has 4 nitrogen and oxygen atoms in total. The maximum absolute atomic E-state index is 13.6. The number of carboxylic acid groups (broad SMARTS) is 1. The van der Waals surface area contributed by atoms with E-state index in [1.54, 1.807) is 22.5 Å². The van der Waals surface area contributed by atoms with Crippen LogP contribution in [0, 0.1) is 12.7 Å². The summed E-state index contributed by atoms with van der Waals surface area (Å²) in [6.07, 6.45) is 2.38. The summed E-state index contributed by atoms with van der Waals surface area (Å²) in [7, 11) is 1.86. The molecule has 0 radical (unpaired) electrons. The second-order valence-electron chi connectivity index (χ2n) is 4.60. The van der Waals surface area contributed by atoms with Gasteiger partial charge in [0.2, 0.25) is 0 Å². The molecule has 1 heterocycles. The van der Waals surface area contributed by atoms with Crippen molar-refractivity contribution in [2.75, 3.05) is 0 Å². The van der Waals surface area contributed by atoms with Gasteiger partial charge in [-0.1, -0.05) is 6.07 Å². The van der Waals surface area contributed by atoms with Crippen LogP contribution < -0.4 is 0 Å². The molecule has 2 rings (SSSR count). The standard InChI is InChI=1S/C15H15FN2O2S/c1-10-5-14(18(2)17-10)21-9-12-6-11(3-4-15(19)20)7-13(16)8-12/h3-8H,9H2,1-2H3,(H,19,20). The molecule has 0 saturated heterocycles. The summed E-state index contributed by atoms with van der Waals surface area (Å²) in [5.74, 6) is -0.843. The Kier molecular flexibility index (Phi) is 4.80. The normalized spacial score (nSPS) is 11.2. The molecule has 110 valence electrons. The van der Waals surface area contributed by atoms with Crippen molar-refractivity contribution in [3.8, 4) is 0 Å². The molecule has 0 aliphatic carbocycles. The van der Waals surface area contributed by atoms with Crippen molar-refractivity contribution in [2.45, 2.75) is 17.7 Å². The van der Waals surface area contributed by atoms with Crippen molar-refractivity contribution >= 4 is 23.8 Å². The van der Waals surface area contributed by atoms with Gasteiger partial charge in [-0.25, -0.2) is 9.18 Å². The minimum atomic E-state index is -1.06. The Bertz CT molecular complexity index is 695. The SMILES string of the molecule is Cc1cc(SCc2cc(F)cc(C=CC(=O)O)c2)n(C)n1. The van der Waals surface area contributed by atoms with Gasteiger partial charge in [0.15, 0.2) is 0 Å². The van der Waals surface area contributed by atoms with Crippen LogP contribution in [0.2, 0.25) is 0 Å². The van der Waals surface area contributed by atoms with Crippen molar-refractivity contribution in [3.05, 3.63) is 53.0 Å². The number of carbonyl (C=O) groups is 1. The Morgan fingerprint density at radius 1 is 1.43 bits per heavy atom. The lowest BCUT2D eigenvalue weighted by Gasteiger charge is -2.04. The summed E-state index contributed by atoms with van der Waals surface area (Å²) < 4.78 is 15.3. The number of aromatic nitrogens is 2. The zero-order valence-electron chi connectivity index (χ0n) is 11.7. The summed E-state index contributed by atoms with van der Waals surface area (Å²) in [4.78, 5) is 10.5. The van der Waals surface area contributed by atoms with E-state index in [4.69, 9.17) is 5.11 Å². The molecule has 6 heteroatoms. The Balaban J connectivity index is 2.13. The number of rotatable bonds is 5. The first-order chi connectivity index (χ1) is 9.94. The van der Waals surface area contributed by atoms with E-state index in [2.05, 4.69) is 5.10 Å². The van der Waals surface area contributed by atoms with Gasteiger partial charge in [-0.3, -0.25) is 4.68 Å². The van der Waals surface area contributed by atoms with Crippen LogP contribution in [-0.4, -0.2) is 20.9 Å². The van der Waals surface area contributed by atoms with E-state index in [1.807, 2.05) is 20.0 Å². The maximum Gasteiger partial charge on any atom is 0.328 e. The van der Waals surface area contributed by atoms with Gasteiger partial charge in [0.25, 0.3) is 0 Å². The first-order valence-electron chi connectivity index (χ1n) is 6.28. The van der Waals surface area contributed by atoms with Crippen molar-refractivity contribution in [1.29, 1.82) is 0 Å². The third-order valence-electron chi connectivity index (χ3n) is 2.74. The van der Waals surface area contributed by atoms with Crippen molar-refractivity contribution in [3.63, 3.8) is 0 Å². The van der Waals surface area contributed by atoms with Crippen LogP contribution in [0.4, 0.5) is 4.39 Å². The summed E-state index contributed by atoms with van der Waals surface area (Å²) in [5, 5.41) is 13.9. The summed E-state index contributed by atoms with van der Waals surface area (Å²) in [5.41, 5.74) is 2.27. The third-order valence-corrected chi connectivity index (χ3v) is 3.90. The van der Waals surface area contributed by atoms with Gasteiger partial charge in [0, 0.05) is 18.9 Å². The van der Waals surface area contributed by atoms with E-state index >= 15 is 0 Å². The molecule has 1 aromatic heterocycles. The van der Waals surface area contributed by atoms with Crippen molar-refractivity contribution in [2.24, 2.45) is 7.05 Å². The van der Waals surface area contributed by atoms with Crippen LogP contribution in [0.3, 0.4) is 0 Å². The van der Waals surface area contributed by atoms with E-state index in [0.717, 1.165) is 22.4 Å². The van der Waals surface area contributed by atoms with E-state index < -0.39 is 5.97 Å². The van der Waals surface area contributed by atoms with Gasteiger partial charge in [-0.2, -0.15) is 5.10 Å². The molecule has 1 N–H and O–H groups in total. The lowest BCUT2D eigenvalue weighted by atomic mass is 10.1. The minimum Gasteiger partial charge on any atom is -0.478 e. The zero-order chi connectivity index (χ0) is 15.4. The van der Waals surface area contributed by atoms with E-state index in [-0.39, 0.29) is 5.82 Å². The first-order valence-corrected chi connectivity index (χ1v) is 7.26. The van der Waals surface area contributed by atoms with Crippen molar-refractivity contribution in [1.82, 2.24) is 9.78 Å². The summed E-state index contributed by atoms with van der Waals surface area (Å²) >= 11 is 1.56. The lowest BCUT2D eigenvalue weighted by molar-refractivity contribution is -0.131. The van der Waals surface area contributed by atoms with Crippen LogP contribution in [0.25, 0.3) is 6.08 Å². The number of benzene rings is 1. The summed E-state index contributed by atoms with van der Waals surface area (Å²) in [6, 6.07) is 6.50. The van der Waals surface area contributed by atoms with Crippen LogP contribution in [0.5, 0.6) is 0 Å². The zero-order valence-corrected chi connectivity index (χ0v) is 12.5. The number of carboxylic acids is 1. The number of thioether (sulfide) groups is 1. The van der Waals surface area contributed by atoms with Gasteiger partial charge in [-0.05, 0) is 42.3 Å². The van der Waals surface area contributed by atoms with Gasteiger partial charge in [0.05, 0.1) is 10.7 Å². The maximum atomic E-state index is 13.6. The number of aryl methyl sites for hydroxylation is 2. The Morgan fingerprint density at radius 2 is 2.19 bits per heavy atom. The second-order valence-corrected chi connectivity index (χ2v) is 5.60. The van der Waals surface area contributed by atoms with Gasteiger partial charge in [-0.15, -0.1) is 11.8 Å². The average molecular weight is 306 g/mol. The van der Waals surface area contributed by atoms with E-state index in [9.17, 15) is 9.18 Å². The molecule has 0 fully saturated rings. The van der Waals surface area contributed by atoms with Crippen LogP contribution in [0.1, 0.15) is 16.8 Å². The largest absolute Gasteiger partial charge is 0.478 e. The van der Waals surface area contributed by atoms with Crippen molar-refractivity contribution < 1.29 is 14.3 Å². The molecule has 0 bridgehead atoms. The van der Waals surface area contributed by atoms with E-state index in [1.165, 1.54) is 18.2 Å². The highest BCUT2D eigenvalue weighted by Crippen LogP contribution is 2.24. The fourth-order valence-electron chi connectivity index (χ4n) is 1.90. The fourth-order valence-corrected chi connectivity index (χ4v) is 2.86. The molecular weight excluding hydrogens is 291 g/mol. The van der Waals surface area contributed by atoms with Gasteiger partial charge < -0.3 is 5.11 Å². The quantitative estimate of drug-likeness (QED) is 0.680. The Labute approximate surface area is 126 Å². The number of hydrogen-bond acceptors (Lipinski definition) is 3. The number of nitrogens with zero attached hydrogens (tertiary/aromatic N) is 2. The van der Waals surface area contributed by atoms with Crippen LogP contribution in [0.15, 0.2) is 35.4 Å². The number of hydrogen-bond donors (Lipinski definition) is 1. The average Bonchev–Trinajstić information content (AvgIpc) is 2.72. The Hall–Kier alpha value is -2.08. The predicted molar refractivity (Wildman–Crippen MR) is 80.6 cm³/mol. The number of halogens is 1. The molecular formula is C15H15FN2O2S. The predicted octanol–water partition coefficient (Wildman–Crippen LogP) is 3.26. The molecule has 0 saturated carbocycles. The molecule has 0 aliphatic heterocycles. The number of aliphatic carboxylic acids is 1. The molecule has 21 heavy (non-hydrogen) atoms. The highest BCUT2D eigenvalue weighted by molar-refractivity contribution is 7.98. The minimum absolute atomic E-state index is 0.376. The molecule has 0 unspecified atom stereocenters. The molecule has 0 spiro atoms. The van der Waals surface area contributed by atoms with Crippen LogP contribution >= 0.6 is 11.8 Å². The van der Waals surface area contributed by atoms with Gasteiger partial charge >= 0.3 is 5.97 Å². The van der Waals surface area contributed by atoms with E-state index in [0.29, 0.717) is 11.3 Å². The highest BCUT2D eigenvalue weighted by Gasteiger charge is 2.05. The topological polar surface area (TPSA) is 55.1 Å². The van der Waals surface area contributed by atoms with Gasteiger partial charge in [0.1, 0.15) is 5.82 Å². The summed E-state index contributed by atoms with van der Waals surface area (Å²) in [6.45, 7) is 1.92. The molecule has 2 aromatic rings. The second kappa shape index (κ2) is 6.58. The highest BCUT2D eigenvalue weighted by atomic mass is 32.2.